The van der Waals surface area contributed by atoms with E-state index < -0.39 is 0 Å². The molecule has 3 aliphatic heterocycles. The number of nitrogens with one attached hydrogen (secondary N) is 4. The summed E-state index contributed by atoms with van der Waals surface area (Å²) >= 11 is 0. The Balaban J connectivity index is 1.18. The highest BCUT2D eigenvalue weighted by Crippen LogP contribution is 2.47. The minimum absolute atomic E-state index is 0.371. The van der Waals surface area contributed by atoms with Crippen LogP contribution in [0.15, 0.2) is 0 Å². The summed E-state index contributed by atoms with van der Waals surface area (Å²) in [6.45, 7) is 4.27. The van der Waals surface area contributed by atoms with Crippen LogP contribution in [-0.2, 0) is 4.74 Å². The normalized spacial score (nSPS) is 46.8. The van der Waals surface area contributed by atoms with Crippen LogP contribution in [0.2, 0.25) is 0 Å². The number of rotatable bonds is 5. The highest BCUT2D eigenvalue weighted by molar-refractivity contribution is 4.99. The Kier molecular flexibility index (Phi) is 5.53. The van der Waals surface area contributed by atoms with E-state index in [1.165, 1.54) is 64.3 Å². The van der Waals surface area contributed by atoms with E-state index in [2.05, 4.69) is 21.5 Å². The molecule has 5 nitrogen and oxygen atoms in total. The Morgan fingerprint density at radius 2 is 1.58 bits per heavy atom. The minimum atomic E-state index is 0.371. The predicted molar refractivity (Wildman–Crippen MR) is 103 cm³/mol. The second-order valence-corrected chi connectivity index (χ2v) is 9.67. The summed E-state index contributed by atoms with van der Waals surface area (Å²) in [5.74, 6) is 4.54. The number of fused-ring (bicyclic) bond motifs is 1. The number of hydrazine groups is 1. The van der Waals surface area contributed by atoms with Crippen LogP contribution in [0.25, 0.3) is 0 Å². The van der Waals surface area contributed by atoms with Crippen molar-refractivity contribution in [3.63, 3.8) is 0 Å². The minimum Gasteiger partial charge on any atom is -0.377 e. The zero-order chi connectivity index (χ0) is 17.3. The van der Waals surface area contributed by atoms with E-state index in [1.54, 1.807) is 0 Å². The topological polar surface area (TPSA) is 57.4 Å². The van der Waals surface area contributed by atoms with Gasteiger partial charge in [0, 0.05) is 31.7 Å². The molecule has 0 bridgehead atoms. The average molecular weight is 363 g/mol. The van der Waals surface area contributed by atoms with Crippen molar-refractivity contribution in [2.24, 2.45) is 29.6 Å². The molecule has 0 aromatic carbocycles. The van der Waals surface area contributed by atoms with E-state index in [4.69, 9.17) is 4.74 Å². The van der Waals surface area contributed by atoms with Gasteiger partial charge in [0.05, 0.1) is 12.3 Å². The van der Waals surface area contributed by atoms with E-state index >= 15 is 0 Å². The lowest BCUT2D eigenvalue weighted by Crippen LogP contribution is -2.70. The van der Waals surface area contributed by atoms with Crippen molar-refractivity contribution in [3.05, 3.63) is 0 Å². The van der Waals surface area contributed by atoms with Gasteiger partial charge in [-0.3, -0.25) is 10.7 Å². The first-order chi connectivity index (χ1) is 12.9. The van der Waals surface area contributed by atoms with Crippen molar-refractivity contribution < 1.29 is 4.74 Å². The number of hydrogen-bond donors (Lipinski definition) is 4. The van der Waals surface area contributed by atoms with Gasteiger partial charge in [-0.25, -0.2) is 5.43 Å². The second-order valence-electron chi connectivity index (χ2n) is 9.67. The second kappa shape index (κ2) is 8.04. The molecule has 4 unspecified atom stereocenters. The molecule has 3 saturated heterocycles. The van der Waals surface area contributed by atoms with Gasteiger partial charge in [-0.2, -0.15) is 0 Å². The van der Waals surface area contributed by atoms with Gasteiger partial charge in [0.15, 0.2) is 0 Å². The fourth-order valence-corrected chi connectivity index (χ4v) is 6.39. The van der Waals surface area contributed by atoms with Crippen molar-refractivity contribution >= 4 is 0 Å². The van der Waals surface area contributed by atoms with Crippen LogP contribution in [-0.4, -0.2) is 44.6 Å². The van der Waals surface area contributed by atoms with Crippen LogP contribution in [0.3, 0.4) is 0 Å². The highest BCUT2D eigenvalue weighted by Gasteiger charge is 2.45. The van der Waals surface area contributed by atoms with E-state index in [1.807, 2.05) is 0 Å². The van der Waals surface area contributed by atoms with Gasteiger partial charge in [-0.1, -0.05) is 0 Å². The molecule has 4 N–H and O–H groups in total. The quantitative estimate of drug-likeness (QED) is 0.603. The van der Waals surface area contributed by atoms with E-state index in [0.29, 0.717) is 24.2 Å². The van der Waals surface area contributed by atoms with Crippen LogP contribution in [0.1, 0.15) is 57.8 Å². The summed E-state index contributed by atoms with van der Waals surface area (Å²) in [5, 5.41) is 7.43. The van der Waals surface area contributed by atoms with Gasteiger partial charge in [-0.05, 0) is 88.0 Å². The lowest BCUT2D eigenvalue weighted by Gasteiger charge is -2.50. The number of ether oxygens (including phenoxy) is 1. The van der Waals surface area contributed by atoms with Crippen molar-refractivity contribution in [1.29, 1.82) is 0 Å². The molecular formula is C21H38N4O. The molecule has 3 heterocycles. The van der Waals surface area contributed by atoms with Crippen LogP contribution in [0, 0.1) is 29.6 Å². The maximum atomic E-state index is 5.80. The predicted octanol–water partition coefficient (Wildman–Crippen LogP) is 2.00. The molecule has 2 saturated carbocycles. The van der Waals surface area contributed by atoms with E-state index in [0.717, 1.165) is 43.4 Å². The molecule has 26 heavy (non-hydrogen) atoms. The van der Waals surface area contributed by atoms with E-state index in [9.17, 15) is 0 Å². The van der Waals surface area contributed by atoms with Gasteiger partial charge < -0.3 is 10.1 Å². The Labute approximate surface area is 158 Å². The van der Waals surface area contributed by atoms with Gasteiger partial charge in [0.25, 0.3) is 0 Å². The lowest BCUT2D eigenvalue weighted by molar-refractivity contribution is 0.0205. The van der Waals surface area contributed by atoms with E-state index in [-0.39, 0.29) is 0 Å². The standard InChI is InChI=1S/C21H38N4O/c1-2-17(26-11-1)12-23-21-19-13-22-10-9-18(19)20(24-25-21)16-7-5-15(6-8-16)14-3-4-14/h14-25H,1-13H2/t15?,16?,17-,18?,19?,20?,21?/m1/s1. The molecule has 0 amide bonds. The lowest BCUT2D eigenvalue weighted by atomic mass is 9.68. The molecule has 2 aliphatic carbocycles. The maximum absolute atomic E-state index is 5.80. The van der Waals surface area contributed by atoms with Crippen molar-refractivity contribution in [1.82, 2.24) is 21.5 Å². The fraction of sp³-hybridized carbons (Fsp3) is 1.00. The molecule has 5 fully saturated rings. The summed E-state index contributed by atoms with van der Waals surface area (Å²) in [7, 11) is 0. The fourth-order valence-electron chi connectivity index (χ4n) is 6.39. The summed E-state index contributed by atoms with van der Waals surface area (Å²) in [5.41, 5.74) is 7.47. The molecule has 148 valence electrons. The molecule has 0 aromatic rings. The first-order valence-electron chi connectivity index (χ1n) is 11.5. The highest BCUT2D eigenvalue weighted by atomic mass is 16.5. The molecule has 5 aliphatic rings. The van der Waals surface area contributed by atoms with Crippen molar-refractivity contribution in [2.75, 3.05) is 26.2 Å². The summed E-state index contributed by atoms with van der Waals surface area (Å²) in [6.07, 6.45) is 13.5. The number of hydrogen-bond acceptors (Lipinski definition) is 5. The van der Waals surface area contributed by atoms with Crippen LogP contribution < -0.4 is 21.5 Å². The third kappa shape index (κ3) is 3.83. The largest absolute Gasteiger partial charge is 0.377 e. The first kappa shape index (κ1) is 17.9. The molecule has 5 rings (SSSR count). The number of piperidine rings is 1. The van der Waals surface area contributed by atoms with Crippen LogP contribution >= 0.6 is 0 Å². The Hall–Kier alpha value is -0.200. The van der Waals surface area contributed by atoms with Gasteiger partial charge >= 0.3 is 0 Å². The third-order valence-corrected chi connectivity index (χ3v) is 8.08. The van der Waals surface area contributed by atoms with Crippen LogP contribution in [0.4, 0.5) is 0 Å². The average Bonchev–Trinajstić information content (AvgIpc) is 3.42. The molecule has 0 spiro atoms. The molecule has 0 aromatic heterocycles. The van der Waals surface area contributed by atoms with Gasteiger partial charge in [-0.15, -0.1) is 0 Å². The summed E-state index contributed by atoms with van der Waals surface area (Å²) in [4.78, 5) is 0. The zero-order valence-corrected chi connectivity index (χ0v) is 16.2. The molecular weight excluding hydrogens is 324 g/mol. The van der Waals surface area contributed by atoms with Gasteiger partial charge in [0.2, 0.25) is 0 Å². The SMILES string of the molecule is C1CO[C@@H](CNC2NNC(C3CCC(C4CC4)CC3)C3CCNCC23)C1. The Bertz CT molecular complexity index is 457. The zero-order valence-electron chi connectivity index (χ0n) is 16.2. The smallest absolute Gasteiger partial charge is 0.0749 e. The molecule has 5 heteroatoms. The molecule has 0 radical (unpaired) electrons. The molecule has 5 atom stereocenters. The first-order valence-corrected chi connectivity index (χ1v) is 11.5. The monoisotopic (exact) mass is 362 g/mol. The third-order valence-electron chi connectivity index (χ3n) is 8.08. The Morgan fingerprint density at radius 3 is 2.31 bits per heavy atom. The van der Waals surface area contributed by atoms with Crippen molar-refractivity contribution in [2.45, 2.75) is 76.1 Å². The summed E-state index contributed by atoms with van der Waals surface area (Å²) < 4.78 is 5.80. The summed E-state index contributed by atoms with van der Waals surface area (Å²) in [6, 6.07) is 0.669. The Morgan fingerprint density at radius 1 is 0.808 bits per heavy atom. The maximum Gasteiger partial charge on any atom is 0.0749 e. The van der Waals surface area contributed by atoms with Crippen LogP contribution in [0.5, 0.6) is 0 Å². The van der Waals surface area contributed by atoms with Gasteiger partial charge in [0.1, 0.15) is 0 Å². The van der Waals surface area contributed by atoms with Crippen molar-refractivity contribution in [3.8, 4) is 0 Å².